The normalized spacial score (nSPS) is 10.8. The predicted octanol–water partition coefficient (Wildman–Crippen LogP) is 6.02. The van der Waals surface area contributed by atoms with Gasteiger partial charge in [0.1, 0.15) is 0 Å². The van der Waals surface area contributed by atoms with Crippen molar-refractivity contribution in [1.29, 1.82) is 0 Å². The Bertz CT molecular complexity index is 898. The molecule has 0 aliphatic carbocycles. The number of benzene rings is 3. The quantitative estimate of drug-likeness (QED) is 0.605. The second kappa shape index (κ2) is 6.23. The summed E-state index contributed by atoms with van der Waals surface area (Å²) in [6, 6.07) is 15.0. The van der Waals surface area contributed by atoms with Crippen LogP contribution in [0.1, 0.15) is 21.5 Å². The first kappa shape index (κ1) is 15.9. The van der Waals surface area contributed by atoms with E-state index in [1.807, 2.05) is 18.2 Å². The molecule has 0 radical (unpaired) electrons. The van der Waals surface area contributed by atoms with Crippen molar-refractivity contribution in [3.8, 4) is 0 Å². The van der Waals surface area contributed by atoms with Gasteiger partial charge in [0.25, 0.3) is 5.91 Å². The summed E-state index contributed by atoms with van der Waals surface area (Å²) in [7, 11) is 0. The molecular formula is C19H15Cl2NO. The fraction of sp³-hybridized carbons (Fsp3) is 0.105. The topological polar surface area (TPSA) is 29.1 Å². The molecule has 116 valence electrons. The Labute approximate surface area is 145 Å². The van der Waals surface area contributed by atoms with Crippen molar-refractivity contribution < 1.29 is 4.79 Å². The third-order valence-corrected chi connectivity index (χ3v) is 4.56. The van der Waals surface area contributed by atoms with Gasteiger partial charge in [0.05, 0.1) is 15.6 Å². The highest BCUT2D eigenvalue weighted by molar-refractivity contribution is 6.40. The summed E-state index contributed by atoms with van der Waals surface area (Å²) in [6.45, 7) is 4.13. The van der Waals surface area contributed by atoms with E-state index in [1.165, 1.54) is 11.1 Å². The van der Waals surface area contributed by atoms with Gasteiger partial charge in [-0.3, -0.25) is 4.79 Å². The zero-order chi connectivity index (χ0) is 16.6. The van der Waals surface area contributed by atoms with Crippen LogP contribution in [0, 0.1) is 13.8 Å². The fourth-order valence-electron chi connectivity index (χ4n) is 2.56. The smallest absolute Gasteiger partial charge is 0.258 e. The number of amides is 1. The number of nitrogens with one attached hydrogen (secondary N) is 1. The molecule has 0 spiro atoms. The minimum absolute atomic E-state index is 0.289. The maximum Gasteiger partial charge on any atom is 0.258 e. The molecule has 0 aliphatic heterocycles. The number of fused-ring (bicyclic) bond motifs is 1. The van der Waals surface area contributed by atoms with Gasteiger partial charge in [-0.2, -0.15) is 0 Å². The Morgan fingerprint density at radius 3 is 2.22 bits per heavy atom. The van der Waals surface area contributed by atoms with Crippen molar-refractivity contribution in [1.82, 2.24) is 0 Å². The van der Waals surface area contributed by atoms with Crippen LogP contribution in [0.4, 0.5) is 5.69 Å². The van der Waals surface area contributed by atoms with Crippen LogP contribution < -0.4 is 5.32 Å². The van der Waals surface area contributed by atoms with Crippen LogP contribution in [-0.2, 0) is 0 Å². The minimum atomic E-state index is -0.314. The maximum absolute atomic E-state index is 12.6. The van der Waals surface area contributed by atoms with E-state index < -0.39 is 0 Å². The number of carbonyl (C=O) groups excluding carboxylic acids is 1. The number of anilines is 1. The molecule has 0 bridgehead atoms. The van der Waals surface area contributed by atoms with Crippen LogP contribution in [0.2, 0.25) is 10.0 Å². The molecule has 0 aliphatic rings. The molecule has 0 unspecified atom stereocenters. The number of rotatable bonds is 2. The van der Waals surface area contributed by atoms with E-state index in [1.54, 1.807) is 18.2 Å². The summed E-state index contributed by atoms with van der Waals surface area (Å²) in [6.07, 6.45) is 0. The Morgan fingerprint density at radius 1 is 0.913 bits per heavy atom. The first-order valence-corrected chi connectivity index (χ1v) is 7.98. The molecule has 0 aromatic heterocycles. The molecule has 3 aromatic rings. The molecule has 1 N–H and O–H groups in total. The molecular weight excluding hydrogens is 329 g/mol. The van der Waals surface area contributed by atoms with Crippen molar-refractivity contribution in [3.05, 3.63) is 75.3 Å². The average molecular weight is 344 g/mol. The summed E-state index contributed by atoms with van der Waals surface area (Å²) in [4.78, 5) is 12.6. The van der Waals surface area contributed by atoms with Gasteiger partial charge in [-0.05, 0) is 54.6 Å². The van der Waals surface area contributed by atoms with Gasteiger partial charge in [0, 0.05) is 11.1 Å². The Kier molecular flexibility index (Phi) is 4.29. The lowest BCUT2D eigenvalue weighted by atomic mass is 10.0. The fourth-order valence-corrected chi connectivity index (χ4v) is 3.13. The molecule has 0 saturated heterocycles. The van der Waals surface area contributed by atoms with Crippen molar-refractivity contribution in [3.63, 3.8) is 0 Å². The van der Waals surface area contributed by atoms with Crippen LogP contribution in [0.25, 0.3) is 10.8 Å². The van der Waals surface area contributed by atoms with Crippen molar-refractivity contribution in [2.24, 2.45) is 0 Å². The van der Waals surface area contributed by atoms with Crippen molar-refractivity contribution in [2.45, 2.75) is 13.8 Å². The van der Waals surface area contributed by atoms with E-state index in [2.05, 4.69) is 31.3 Å². The summed E-state index contributed by atoms with van der Waals surface area (Å²) in [5.74, 6) is -0.314. The van der Waals surface area contributed by atoms with Crippen LogP contribution in [0.5, 0.6) is 0 Å². The highest BCUT2D eigenvalue weighted by Crippen LogP contribution is 2.29. The van der Waals surface area contributed by atoms with Crippen LogP contribution in [-0.4, -0.2) is 5.91 Å². The first-order valence-electron chi connectivity index (χ1n) is 7.22. The highest BCUT2D eigenvalue weighted by Gasteiger charge is 2.15. The molecule has 0 fully saturated rings. The van der Waals surface area contributed by atoms with Crippen LogP contribution in [0.3, 0.4) is 0 Å². The number of carbonyl (C=O) groups is 1. The van der Waals surface area contributed by atoms with Gasteiger partial charge in [-0.15, -0.1) is 0 Å². The minimum Gasteiger partial charge on any atom is -0.321 e. The number of hydrogen-bond acceptors (Lipinski definition) is 1. The molecule has 0 saturated carbocycles. The second-order valence-corrected chi connectivity index (χ2v) is 6.33. The van der Waals surface area contributed by atoms with Gasteiger partial charge >= 0.3 is 0 Å². The SMILES string of the molecule is Cc1cc2cccc(NC(=O)c3c(Cl)cccc3Cl)c2cc1C. The standard InChI is InChI=1S/C19H15Cl2NO/c1-11-9-13-5-3-8-17(14(13)10-12(11)2)22-19(23)18-15(20)6-4-7-16(18)21/h3-10H,1-2H3,(H,22,23). The summed E-state index contributed by atoms with van der Waals surface area (Å²) in [5, 5.41) is 5.67. The van der Waals surface area contributed by atoms with Crippen molar-refractivity contribution in [2.75, 3.05) is 5.32 Å². The zero-order valence-corrected chi connectivity index (χ0v) is 14.3. The van der Waals surface area contributed by atoms with Crippen molar-refractivity contribution >= 4 is 45.6 Å². The Morgan fingerprint density at radius 2 is 1.52 bits per heavy atom. The van der Waals surface area contributed by atoms with E-state index in [0.717, 1.165) is 16.5 Å². The molecule has 0 atom stereocenters. The lowest BCUT2D eigenvalue weighted by Gasteiger charge is -2.12. The zero-order valence-electron chi connectivity index (χ0n) is 12.8. The monoisotopic (exact) mass is 343 g/mol. The van der Waals surface area contributed by atoms with Gasteiger partial charge in [0.15, 0.2) is 0 Å². The molecule has 4 heteroatoms. The van der Waals surface area contributed by atoms with E-state index in [0.29, 0.717) is 10.0 Å². The maximum atomic E-state index is 12.6. The molecule has 1 amide bonds. The van der Waals surface area contributed by atoms with E-state index >= 15 is 0 Å². The predicted molar refractivity (Wildman–Crippen MR) is 97.8 cm³/mol. The van der Waals surface area contributed by atoms with E-state index in [9.17, 15) is 4.79 Å². The largest absolute Gasteiger partial charge is 0.321 e. The highest BCUT2D eigenvalue weighted by atomic mass is 35.5. The van der Waals surface area contributed by atoms with Gasteiger partial charge in [-0.25, -0.2) is 0 Å². The second-order valence-electron chi connectivity index (χ2n) is 5.51. The van der Waals surface area contributed by atoms with E-state index in [4.69, 9.17) is 23.2 Å². The molecule has 3 rings (SSSR count). The summed E-state index contributed by atoms with van der Waals surface area (Å²) < 4.78 is 0. The number of hydrogen-bond donors (Lipinski definition) is 1. The lowest BCUT2D eigenvalue weighted by Crippen LogP contribution is -2.13. The number of aryl methyl sites for hydroxylation is 2. The average Bonchev–Trinajstić information content (AvgIpc) is 2.49. The Balaban J connectivity index is 2.05. The summed E-state index contributed by atoms with van der Waals surface area (Å²) >= 11 is 12.2. The lowest BCUT2D eigenvalue weighted by molar-refractivity contribution is 0.102. The molecule has 3 aromatic carbocycles. The molecule has 23 heavy (non-hydrogen) atoms. The van der Waals surface area contributed by atoms with Crippen LogP contribution >= 0.6 is 23.2 Å². The van der Waals surface area contributed by atoms with Gasteiger partial charge in [-0.1, -0.05) is 47.5 Å². The van der Waals surface area contributed by atoms with E-state index in [-0.39, 0.29) is 11.5 Å². The molecule has 0 heterocycles. The number of halogens is 2. The Hall–Kier alpha value is -2.03. The first-order chi connectivity index (χ1) is 11.0. The third kappa shape index (κ3) is 3.05. The molecule has 2 nitrogen and oxygen atoms in total. The van der Waals surface area contributed by atoms with Crippen LogP contribution in [0.15, 0.2) is 48.5 Å². The summed E-state index contributed by atoms with van der Waals surface area (Å²) in [5.41, 5.74) is 3.42. The van der Waals surface area contributed by atoms with Gasteiger partial charge < -0.3 is 5.32 Å². The van der Waals surface area contributed by atoms with Gasteiger partial charge in [0.2, 0.25) is 0 Å². The third-order valence-electron chi connectivity index (χ3n) is 3.93.